The summed E-state index contributed by atoms with van der Waals surface area (Å²) in [6.07, 6.45) is 15.5. The van der Waals surface area contributed by atoms with Gasteiger partial charge in [0, 0.05) is 12.0 Å². The first-order chi connectivity index (χ1) is 10.6. The lowest BCUT2D eigenvalue weighted by Gasteiger charge is -2.45. The first-order valence-electron chi connectivity index (χ1n) is 9.06. The summed E-state index contributed by atoms with van der Waals surface area (Å²) < 4.78 is 0. The van der Waals surface area contributed by atoms with Gasteiger partial charge in [0.1, 0.15) is 0 Å². The van der Waals surface area contributed by atoms with Gasteiger partial charge in [-0.2, -0.15) is 0 Å². The maximum atomic E-state index is 4.45. The number of allylic oxidation sites excluding steroid dienone is 5. The van der Waals surface area contributed by atoms with Crippen LogP contribution in [0.3, 0.4) is 0 Å². The number of rotatable bonds is 7. The Bertz CT molecular complexity index is 458. The van der Waals surface area contributed by atoms with Gasteiger partial charge in [0.25, 0.3) is 0 Å². The predicted molar refractivity (Wildman–Crippen MR) is 98.0 cm³/mol. The van der Waals surface area contributed by atoms with Gasteiger partial charge in [0.05, 0.1) is 0 Å². The minimum Gasteiger partial charge on any atom is -0.299 e. The van der Waals surface area contributed by atoms with Crippen LogP contribution in [0.2, 0.25) is 0 Å². The van der Waals surface area contributed by atoms with Crippen LogP contribution in [0.1, 0.15) is 58.8 Å². The van der Waals surface area contributed by atoms with Crippen LogP contribution in [-0.4, -0.2) is 24.5 Å². The molecule has 0 unspecified atom stereocenters. The lowest BCUT2D eigenvalue weighted by atomic mass is 9.66. The molecule has 0 spiro atoms. The Morgan fingerprint density at radius 2 is 1.91 bits per heavy atom. The van der Waals surface area contributed by atoms with Crippen molar-refractivity contribution in [2.24, 2.45) is 5.41 Å². The first kappa shape index (κ1) is 17.3. The summed E-state index contributed by atoms with van der Waals surface area (Å²) in [6.45, 7) is 16.6. The molecule has 0 radical (unpaired) electrons. The second-order valence-corrected chi connectivity index (χ2v) is 6.95. The van der Waals surface area contributed by atoms with E-state index >= 15 is 0 Å². The van der Waals surface area contributed by atoms with Crippen LogP contribution in [0.5, 0.6) is 0 Å². The summed E-state index contributed by atoms with van der Waals surface area (Å²) in [4.78, 5) is 2.59. The van der Waals surface area contributed by atoms with E-state index in [1.807, 2.05) is 0 Å². The van der Waals surface area contributed by atoms with Crippen molar-refractivity contribution < 1.29 is 0 Å². The minimum atomic E-state index is 0.230. The molecule has 0 atom stereocenters. The maximum absolute atomic E-state index is 4.45. The SMILES string of the molecule is C=C(CCC)CN1CCC(C(=C)CC)(C2=CCCC=C2)CC1. The fraction of sp³-hybridized carbons (Fsp3) is 0.619. The molecule has 0 amide bonds. The van der Waals surface area contributed by atoms with E-state index in [2.05, 4.69) is 50.1 Å². The van der Waals surface area contributed by atoms with E-state index in [4.69, 9.17) is 0 Å². The van der Waals surface area contributed by atoms with Gasteiger partial charge in [0.15, 0.2) is 0 Å². The number of hydrogen-bond acceptors (Lipinski definition) is 1. The smallest absolute Gasteiger partial charge is 0.0190 e. The molecule has 2 rings (SSSR count). The van der Waals surface area contributed by atoms with Gasteiger partial charge in [-0.25, -0.2) is 0 Å². The van der Waals surface area contributed by atoms with Gasteiger partial charge in [-0.1, -0.05) is 62.8 Å². The van der Waals surface area contributed by atoms with Crippen LogP contribution < -0.4 is 0 Å². The van der Waals surface area contributed by atoms with Crippen LogP contribution in [-0.2, 0) is 0 Å². The summed E-state index contributed by atoms with van der Waals surface area (Å²) in [6, 6.07) is 0. The molecule has 0 aromatic rings. The van der Waals surface area contributed by atoms with E-state index in [0.717, 1.165) is 19.4 Å². The standard InChI is InChI=1S/C21H33N/c1-5-10-18(3)17-22-15-13-21(14-16-22,19(4)6-2)20-11-8-7-9-12-20/h8,11-12H,3-7,9-10,13-17H2,1-2H3. The van der Waals surface area contributed by atoms with E-state index < -0.39 is 0 Å². The van der Waals surface area contributed by atoms with Crippen molar-refractivity contribution in [1.82, 2.24) is 4.90 Å². The second-order valence-electron chi connectivity index (χ2n) is 6.95. The van der Waals surface area contributed by atoms with E-state index in [9.17, 15) is 0 Å². The highest BCUT2D eigenvalue weighted by atomic mass is 15.1. The van der Waals surface area contributed by atoms with Crippen LogP contribution in [0.15, 0.2) is 48.1 Å². The Balaban J connectivity index is 2.05. The third-order valence-corrected chi connectivity index (χ3v) is 5.41. The average Bonchev–Trinajstić information content (AvgIpc) is 2.56. The molecule has 1 saturated heterocycles. The Hall–Kier alpha value is -1.08. The van der Waals surface area contributed by atoms with Gasteiger partial charge in [0.2, 0.25) is 0 Å². The molecule has 0 aromatic heterocycles. The molecule has 1 aliphatic carbocycles. The zero-order chi connectivity index (χ0) is 16.0. The third-order valence-electron chi connectivity index (χ3n) is 5.41. The van der Waals surface area contributed by atoms with Gasteiger partial charge in [-0.3, -0.25) is 4.90 Å². The van der Waals surface area contributed by atoms with Gasteiger partial charge in [-0.05, 0) is 57.2 Å². The zero-order valence-corrected chi connectivity index (χ0v) is 14.7. The van der Waals surface area contributed by atoms with Gasteiger partial charge in [-0.15, -0.1) is 0 Å². The fourth-order valence-electron chi connectivity index (χ4n) is 3.99. The van der Waals surface area contributed by atoms with E-state index in [1.165, 1.54) is 61.9 Å². The highest BCUT2D eigenvalue weighted by molar-refractivity contribution is 5.38. The molecule has 0 bridgehead atoms. The molecular weight excluding hydrogens is 266 g/mol. The maximum Gasteiger partial charge on any atom is 0.0190 e. The van der Waals surface area contributed by atoms with Crippen LogP contribution in [0, 0.1) is 5.41 Å². The zero-order valence-electron chi connectivity index (χ0n) is 14.7. The Labute approximate surface area is 137 Å². The van der Waals surface area contributed by atoms with Gasteiger partial charge >= 0.3 is 0 Å². The predicted octanol–water partition coefficient (Wildman–Crippen LogP) is 5.67. The largest absolute Gasteiger partial charge is 0.299 e. The third kappa shape index (κ3) is 3.81. The summed E-state index contributed by atoms with van der Waals surface area (Å²) in [5, 5.41) is 0. The van der Waals surface area contributed by atoms with E-state index in [0.29, 0.717) is 0 Å². The number of piperidine rings is 1. The lowest BCUT2D eigenvalue weighted by molar-refractivity contribution is 0.164. The first-order valence-corrected chi connectivity index (χ1v) is 9.06. The van der Waals surface area contributed by atoms with Gasteiger partial charge < -0.3 is 0 Å². The summed E-state index contributed by atoms with van der Waals surface area (Å²) >= 11 is 0. The molecule has 2 aliphatic rings. The monoisotopic (exact) mass is 299 g/mol. The van der Waals surface area contributed by atoms with Crippen LogP contribution in [0.4, 0.5) is 0 Å². The molecule has 0 aromatic carbocycles. The molecule has 22 heavy (non-hydrogen) atoms. The summed E-state index contributed by atoms with van der Waals surface area (Å²) in [5.41, 5.74) is 4.59. The molecule has 1 fully saturated rings. The fourth-order valence-corrected chi connectivity index (χ4v) is 3.99. The van der Waals surface area contributed by atoms with Crippen molar-refractivity contribution in [2.75, 3.05) is 19.6 Å². The van der Waals surface area contributed by atoms with Crippen LogP contribution >= 0.6 is 0 Å². The molecule has 1 nitrogen and oxygen atoms in total. The van der Waals surface area contributed by atoms with Crippen molar-refractivity contribution in [3.05, 3.63) is 48.1 Å². The average molecular weight is 300 g/mol. The van der Waals surface area contributed by atoms with Crippen molar-refractivity contribution in [1.29, 1.82) is 0 Å². The molecule has 0 N–H and O–H groups in total. The Morgan fingerprint density at radius 3 is 2.45 bits per heavy atom. The Kier molecular flexibility index (Phi) is 6.26. The Morgan fingerprint density at radius 1 is 1.18 bits per heavy atom. The van der Waals surface area contributed by atoms with Crippen molar-refractivity contribution in [3.8, 4) is 0 Å². The normalized spacial score (nSPS) is 21.5. The van der Waals surface area contributed by atoms with E-state index in [1.54, 1.807) is 0 Å². The lowest BCUT2D eigenvalue weighted by Crippen LogP contribution is -2.42. The number of likely N-dealkylation sites (tertiary alicyclic amines) is 1. The molecule has 1 aliphatic heterocycles. The topological polar surface area (TPSA) is 3.24 Å². The molecule has 1 heteroatoms. The highest BCUT2D eigenvalue weighted by Crippen LogP contribution is 2.47. The molecular formula is C21H33N. The molecule has 0 saturated carbocycles. The van der Waals surface area contributed by atoms with Crippen molar-refractivity contribution in [3.63, 3.8) is 0 Å². The summed E-state index contributed by atoms with van der Waals surface area (Å²) in [5.74, 6) is 0. The quantitative estimate of drug-likeness (QED) is 0.548. The minimum absolute atomic E-state index is 0.230. The number of hydrogen-bond donors (Lipinski definition) is 0. The second kappa shape index (κ2) is 7.97. The molecule has 122 valence electrons. The van der Waals surface area contributed by atoms with Crippen LogP contribution in [0.25, 0.3) is 0 Å². The summed E-state index contributed by atoms with van der Waals surface area (Å²) in [7, 11) is 0. The van der Waals surface area contributed by atoms with Crippen molar-refractivity contribution in [2.45, 2.75) is 58.8 Å². The number of nitrogens with zero attached hydrogens (tertiary/aromatic N) is 1. The highest BCUT2D eigenvalue weighted by Gasteiger charge is 2.38. The van der Waals surface area contributed by atoms with E-state index in [-0.39, 0.29) is 5.41 Å². The molecule has 1 heterocycles. The van der Waals surface area contributed by atoms with Crippen molar-refractivity contribution >= 4 is 0 Å².